The average Bonchev–Trinajstić information content (AvgIpc) is 3.27. The zero-order valence-electron chi connectivity index (χ0n) is 20.9. The predicted molar refractivity (Wildman–Crippen MR) is 144 cm³/mol. The third kappa shape index (κ3) is 5.64. The highest BCUT2D eigenvalue weighted by Gasteiger charge is 2.48. The van der Waals surface area contributed by atoms with Crippen LogP contribution in [0.4, 0.5) is 24.7 Å². The molecular weight excluding hydrogens is 568 g/mol. The van der Waals surface area contributed by atoms with Crippen LogP contribution in [-0.2, 0) is 14.4 Å². The zero-order chi connectivity index (χ0) is 28.6. The highest BCUT2D eigenvalue weighted by molar-refractivity contribution is 6.32. The van der Waals surface area contributed by atoms with Crippen molar-refractivity contribution >= 4 is 52.4 Å². The summed E-state index contributed by atoms with van der Waals surface area (Å²) in [4.78, 5) is 47.5. The van der Waals surface area contributed by atoms with Crippen LogP contribution in [0.3, 0.4) is 0 Å². The second-order valence-corrected chi connectivity index (χ2v) is 10.5. The van der Waals surface area contributed by atoms with E-state index in [2.05, 4.69) is 10.3 Å². The highest BCUT2D eigenvalue weighted by atomic mass is 35.5. The number of nitrogens with zero attached hydrogens (tertiary/aromatic N) is 3. The zero-order valence-corrected chi connectivity index (χ0v) is 22.4. The maximum Gasteiger partial charge on any atom is 0.252 e. The third-order valence-corrected chi connectivity index (χ3v) is 7.47. The molecule has 12 heteroatoms. The molecule has 2 atom stereocenters. The molecule has 1 aliphatic heterocycles. The first-order valence-electron chi connectivity index (χ1n) is 12.5. The highest BCUT2D eigenvalue weighted by Crippen LogP contribution is 2.40. The van der Waals surface area contributed by atoms with E-state index in [1.165, 1.54) is 47.4 Å². The van der Waals surface area contributed by atoms with Crippen molar-refractivity contribution in [2.45, 2.75) is 49.7 Å². The van der Waals surface area contributed by atoms with Crippen LogP contribution in [0.2, 0.25) is 10.2 Å². The van der Waals surface area contributed by atoms with Crippen LogP contribution in [0.1, 0.15) is 37.3 Å². The number of alkyl halides is 2. The Bertz CT molecular complexity index is 1470. The maximum absolute atomic E-state index is 14.5. The predicted octanol–water partition coefficient (Wildman–Crippen LogP) is 5.71. The van der Waals surface area contributed by atoms with E-state index in [9.17, 15) is 27.6 Å². The molecule has 208 valence electrons. The van der Waals surface area contributed by atoms with Gasteiger partial charge in [-0.3, -0.25) is 24.2 Å². The van der Waals surface area contributed by atoms with Gasteiger partial charge in [0.15, 0.2) is 0 Å². The molecule has 1 saturated heterocycles. The Hall–Kier alpha value is -3.63. The van der Waals surface area contributed by atoms with E-state index in [0.29, 0.717) is 0 Å². The Balaban J connectivity index is 1.60. The van der Waals surface area contributed by atoms with Gasteiger partial charge in [-0.15, -0.1) is 0 Å². The van der Waals surface area contributed by atoms with Gasteiger partial charge >= 0.3 is 0 Å². The van der Waals surface area contributed by atoms with Gasteiger partial charge in [-0.05, 0) is 42.8 Å². The lowest BCUT2D eigenvalue weighted by Gasteiger charge is -2.39. The number of anilines is 2. The molecule has 0 bridgehead atoms. The molecule has 40 heavy (non-hydrogen) atoms. The van der Waals surface area contributed by atoms with Crippen molar-refractivity contribution in [2.75, 3.05) is 9.80 Å². The van der Waals surface area contributed by atoms with Crippen molar-refractivity contribution in [3.8, 4) is 0 Å². The molecule has 2 aliphatic rings. The Kier molecular flexibility index (Phi) is 7.74. The van der Waals surface area contributed by atoms with Crippen LogP contribution in [0.25, 0.3) is 0 Å². The number of hydrogen-bond acceptors (Lipinski definition) is 4. The van der Waals surface area contributed by atoms with Crippen molar-refractivity contribution in [3.05, 3.63) is 88.3 Å². The second-order valence-electron chi connectivity index (χ2n) is 9.72. The fraction of sp³-hybridized carbons (Fsp3) is 0.286. The minimum atomic E-state index is -2.90. The number of rotatable bonds is 7. The minimum Gasteiger partial charge on any atom is -0.351 e. The quantitative estimate of drug-likeness (QED) is 0.357. The molecule has 1 N–H and O–H groups in total. The normalized spacial score (nSPS) is 19.2. The van der Waals surface area contributed by atoms with Gasteiger partial charge in [-0.25, -0.2) is 18.2 Å². The first-order valence-corrected chi connectivity index (χ1v) is 13.3. The summed E-state index contributed by atoms with van der Waals surface area (Å²) in [5.41, 5.74) is 0.212. The number of benzene rings is 2. The fourth-order valence-electron chi connectivity index (χ4n) is 5.06. The number of carbonyl (C=O) groups is 3. The molecule has 5 rings (SSSR count). The number of carbonyl (C=O) groups excluding carboxylic acids is 3. The number of amides is 3. The summed E-state index contributed by atoms with van der Waals surface area (Å²) in [6.07, 6.45) is -0.994. The lowest BCUT2D eigenvalue weighted by molar-refractivity contribution is -0.133. The first kappa shape index (κ1) is 27.9. The Morgan fingerprint density at radius 1 is 1.05 bits per heavy atom. The maximum atomic E-state index is 14.5. The van der Waals surface area contributed by atoms with Gasteiger partial charge in [0.1, 0.15) is 28.9 Å². The largest absolute Gasteiger partial charge is 0.351 e. The molecule has 1 saturated carbocycles. The SMILES string of the molecule is O=C(NC1CC(F)(F)C1)C(c1ccccc1Cl)N(C(=O)C1CCC(=O)N1c1cccc(Cl)n1)c1cccc(F)c1. The number of aromatic nitrogens is 1. The molecule has 2 aromatic carbocycles. The molecule has 1 aromatic heterocycles. The number of halogens is 5. The summed E-state index contributed by atoms with van der Waals surface area (Å²) >= 11 is 12.5. The Labute approximate surface area is 237 Å². The van der Waals surface area contributed by atoms with Gasteiger partial charge in [-0.1, -0.05) is 53.5 Å². The Morgan fingerprint density at radius 2 is 1.77 bits per heavy atom. The van der Waals surface area contributed by atoms with E-state index in [4.69, 9.17) is 23.2 Å². The average molecular weight is 591 g/mol. The van der Waals surface area contributed by atoms with Gasteiger partial charge < -0.3 is 5.32 Å². The Morgan fingerprint density at radius 3 is 2.45 bits per heavy atom. The van der Waals surface area contributed by atoms with Gasteiger partial charge in [0.05, 0.1) is 0 Å². The monoisotopic (exact) mass is 590 g/mol. The van der Waals surface area contributed by atoms with Crippen LogP contribution >= 0.6 is 23.2 Å². The molecular formula is C28H23Cl2F3N4O3. The van der Waals surface area contributed by atoms with E-state index in [1.807, 2.05) is 0 Å². The van der Waals surface area contributed by atoms with Crippen LogP contribution in [0, 0.1) is 5.82 Å². The smallest absolute Gasteiger partial charge is 0.252 e. The minimum absolute atomic E-state index is 0.0156. The summed E-state index contributed by atoms with van der Waals surface area (Å²) in [6.45, 7) is 0. The molecule has 0 spiro atoms. The van der Waals surface area contributed by atoms with Gasteiger partial charge in [0, 0.05) is 41.6 Å². The van der Waals surface area contributed by atoms with Crippen molar-refractivity contribution in [1.82, 2.24) is 10.3 Å². The van der Waals surface area contributed by atoms with E-state index in [0.717, 1.165) is 11.0 Å². The summed E-state index contributed by atoms with van der Waals surface area (Å²) in [5, 5.41) is 2.83. The van der Waals surface area contributed by atoms with E-state index >= 15 is 0 Å². The van der Waals surface area contributed by atoms with Gasteiger partial charge in [0.2, 0.25) is 11.8 Å². The summed E-state index contributed by atoms with van der Waals surface area (Å²) < 4.78 is 41.6. The molecule has 2 heterocycles. The molecule has 3 amide bonds. The third-order valence-electron chi connectivity index (χ3n) is 6.91. The van der Waals surface area contributed by atoms with Crippen molar-refractivity contribution in [3.63, 3.8) is 0 Å². The number of hydrogen-bond donors (Lipinski definition) is 1. The van der Waals surface area contributed by atoms with Crippen LogP contribution in [0.15, 0.2) is 66.7 Å². The van der Waals surface area contributed by atoms with E-state index in [1.54, 1.807) is 18.2 Å². The fourth-order valence-corrected chi connectivity index (χ4v) is 5.46. The summed E-state index contributed by atoms with van der Waals surface area (Å²) in [5.74, 6) is -5.31. The van der Waals surface area contributed by atoms with E-state index < -0.39 is 54.5 Å². The van der Waals surface area contributed by atoms with Gasteiger partial charge in [0.25, 0.3) is 11.8 Å². The van der Waals surface area contributed by atoms with Crippen LogP contribution in [0.5, 0.6) is 0 Å². The molecule has 7 nitrogen and oxygen atoms in total. The molecule has 2 fully saturated rings. The molecule has 1 aliphatic carbocycles. The lowest BCUT2D eigenvalue weighted by Crippen LogP contribution is -2.56. The number of pyridine rings is 1. The molecule has 2 unspecified atom stereocenters. The van der Waals surface area contributed by atoms with Crippen LogP contribution < -0.4 is 15.1 Å². The second kappa shape index (κ2) is 11.1. The lowest BCUT2D eigenvalue weighted by atomic mass is 9.87. The van der Waals surface area contributed by atoms with Crippen molar-refractivity contribution < 1.29 is 27.6 Å². The standard InChI is InChI=1S/C28H23Cl2F3N4O3/c29-20-8-2-1-7-19(20)25(26(39)34-17-14-28(32,33)15-17)36(18-6-3-5-16(31)13-18)27(40)21-11-12-24(38)37(21)23-10-4-9-22(30)35-23/h1-10,13,17,21,25H,11-12,14-15H2,(H,34,39). The van der Waals surface area contributed by atoms with E-state index in [-0.39, 0.29) is 46.0 Å². The van der Waals surface area contributed by atoms with Crippen molar-refractivity contribution in [1.29, 1.82) is 0 Å². The topological polar surface area (TPSA) is 82.6 Å². The van der Waals surface area contributed by atoms with Gasteiger partial charge in [-0.2, -0.15) is 0 Å². The first-order chi connectivity index (χ1) is 19.0. The summed E-state index contributed by atoms with van der Waals surface area (Å²) in [7, 11) is 0. The molecule has 0 radical (unpaired) electrons. The molecule has 3 aromatic rings. The van der Waals surface area contributed by atoms with Crippen molar-refractivity contribution in [2.24, 2.45) is 0 Å². The van der Waals surface area contributed by atoms with Crippen LogP contribution in [-0.4, -0.2) is 40.7 Å². The summed E-state index contributed by atoms with van der Waals surface area (Å²) in [6, 6.07) is 12.5. The number of nitrogens with one attached hydrogen (secondary N) is 1.